The molecule has 1 aromatic carbocycles. The molecule has 0 aromatic heterocycles. The first-order valence-corrected chi connectivity index (χ1v) is 7.73. The van der Waals surface area contributed by atoms with Crippen LogP contribution in [-0.2, 0) is 4.79 Å². The molecule has 0 bridgehead atoms. The van der Waals surface area contributed by atoms with Crippen LogP contribution in [0, 0.1) is 10.1 Å². The fraction of sp³-hybridized carbons (Fsp3) is 0.562. The minimum atomic E-state index is -0.438. The van der Waals surface area contributed by atoms with Gasteiger partial charge in [0.15, 0.2) is 0 Å². The van der Waals surface area contributed by atoms with E-state index in [0.717, 1.165) is 24.8 Å². The van der Waals surface area contributed by atoms with Crippen LogP contribution in [0.1, 0.15) is 63.4 Å². The highest BCUT2D eigenvalue weighted by Gasteiger charge is 2.34. The monoisotopic (exact) mass is 290 g/mol. The molecule has 1 N–H and O–H groups in total. The van der Waals surface area contributed by atoms with Crippen LogP contribution in [0.5, 0.6) is 0 Å². The van der Waals surface area contributed by atoms with Crippen molar-refractivity contribution in [2.24, 2.45) is 0 Å². The number of rotatable bonds is 8. The maximum absolute atomic E-state index is 12.0. The fourth-order valence-corrected chi connectivity index (χ4v) is 2.90. The molecule has 1 heterocycles. The maximum atomic E-state index is 12.0. The van der Waals surface area contributed by atoms with Gasteiger partial charge in [0, 0.05) is 6.07 Å². The first-order chi connectivity index (χ1) is 10.1. The number of nitrogens with one attached hydrogen (secondary N) is 1. The van der Waals surface area contributed by atoms with Gasteiger partial charge in [0.25, 0.3) is 5.69 Å². The summed E-state index contributed by atoms with van der Waals surface area (Å²) in [5.41, 5.74) is 1.16. The Bertz CT molecular complexity index is 528. The largest absolute Gasteiger partial charge is 0.320 e. The predicted molar refractivity (Wildman–Crippen MR) is 82.5 cm³/mol. The Hall–Kier alpha value is -1.91. The first-order valence-electron chi connectivity index (χ1n) is 7.73. The molecule has 2 rings (SSSR count). The molecule has 1 atom stereocenters. The summed E-state index contributed by atoms with van der Waals surface area (Å²) in [6.07, 6.45) is 7.81. The van der Waals surface area contributed by atoms with E-state index in [1.54, 1.807) is 6.07 Å². The summed E-state index contributed by atoms with van der Waals surface area (Å²) in [4.78, 5) is 22.6. The lowest BCUT2D eigenvalue weighted by Crippen LogP contribution is -2.12. The highest BCUT2D eigenvalue weighted by atomic mass is 16.6. The van der Waals surface area contributed by atoms with Crippen molar-refractivity contribution in [3.8, 4) is 0 Å². The van der Waals surface area contributed by atoms with Gasteiger partial charge in [-0.25, -0.2) is 0 Å². The average molecular weight is 290 g/mol. The van der Waals surface area contributed by atoms with Crippen LogP contribution in [0.2, 0.25) is 0 Å². The zero-order chi connectivity index (χ0) is 15.2. The van der Waals surface area contributed by atoms with Crippen LogP contribution in [0.25, 0.3) is 0 Å². The normalized spacial score (nSPS) is 16.6. The lowest BCUT2D eigenvalue weighted by Gasteiger charge is -2.08. The van der Waals surface area contributed by atoms with E-state index >= 15 is 0 Å². The van der Waals surface area contributed by atoms with Crippen molar-refractivity contribution >= 4 is 17.3 Å². The molecule has 0 saturated heterocycles. The molecule has 0 aliphatic carbocycles. The number of nitro groups is 1. The molecule has 5 heteroatoms. The fourth-order valence-electron chi connectivity index (χ4n) is 2.90. The summed E-state index contributed by atoms with van der Waals surface area (Å²) in [5.74, 6) is -0.334. The second-order valence-electron chi connectivity index (χ2n) is 5.60. The molecule has 5 nitrogen and oxygen atoms in total. The van der Waals surface area contributed by atoms with Gasteiger partial charge in [-0.1, -0.05) is 57.6 Å². The number of carbonyl (C=O) groups is 1. The highest BCUT2D eigenvalue weighted by molar-refractivity contribution is 6.05. The number of amides is 1. The van der Waals surface area contributed by atoms with Gasteiger partial charge in [-0.3, -0.25) is 14.9 Å². The van der Waals surface area contributed by atoms with Crippen LogP contribution in [0.3, 0.4) is 0 Å². The number of nitro benzene ring substituents is 1. The molecule has 1 unspecified atom stereocenters. The number of fused-ring (bicyclic) bond motifs is 1. The molecule has 114 valence electrons. The van der Waals surface area contributed by atoms with Gasteiger partial charge in [-0.05, 0) is 12.0 Å². The van der Waals surface area contributed by atoms with Crippen molar-refractivity contribution in [3.63, 3.8) is 0 Å². The van der Waals surface area contributed by atoms with Gasteiger partial charge >= 0.3 is 0 Å². The predicted octanol–water partition coefficient (Wildman–Crippen LogP) is 4.38. The SMILES string of the molecule is CCCCCCCCC1C(=O)Nc2c1cccc2[N+](=O)[O-]. The van der Waals surface area contributed by atoms with Gasteiger partial charge in [0.1, 0.15) is 5.69 Å². The van der Waals surface area contributed by atoms with Crippen LogP contribution < -0.4 is 5.32 Å². The van der Waals surface area contributed by atoms with Crippen molar-refractivity contribution in [3.05, 3.63) is 33.9 Å². The van der Waals surface area contributed by atoms with E-state index in [4.69, 9.17) is 0 Å². The Morgan fingerprint density at radius 3 is 2.62 bits per heavy atom. The topological polar surface area (TPSA) is 72.2 Å². The third-order valence-corrected chi connectivity index (χ3v) is 4.06. The zero-order valence-corrected chi connectivity index (χ0v) is 12.4. The van der Waals surface area contributed by atoms with Crippen molar-refractivity contribution in [1.82, 2.24) is 0 Å². The Morgan fingerprint density at radius 1 is 1.19 bits per heavy atom. The molecule has 0 spiro atoms. The number of para-hydroxylation sites is 1. The van der Waals surface area contributed by atoms with E-state index in [0.29, 0.717) is 5.69 Å². The number of unbranched alkanes of at least 4 members (excludes halogenated alkanes) is 5. The lowest BCUT2D eigenvalue weighted by atomic mass is 9.94. The van der Waals surface area contributed by atoms with Gasteiger partial charge in [-0.2, -0.15) is 0 Å². The molecule has 1 aromatic rings. The number of benzene rings is 1. The number of nitrogens with zero attached hydrogens (tertiary/aromatic N) is 1. The quantitative estimate of drug-likeness (QED) is 0.438. The summed E-state index contributed by atoms with van der Waals surface area (Å²) >= 11 is 0. The molecule has 1 amide bonds. The Balaban J connectivity index is 1.96. The van der Waals surface area contributed by atoms with E-state index < -0.39 is 4.92 Å². The van der Waals surface area contributed by atoms with E-state index in [9.17, 15) is 14.9 Å². The zero-order valence-electron chi connectivity index (χ0n) is 12.4. The molecular formula is C16H22N2O3. The van der Waals surface area contributed by atoms with E-state index in [-0.39, 0.29) is 17.5 Å². The number of hydrogen-bond donors (Lipinski definition) is 1. The number of carbonyl (C=O) groups excluding carboxylic acids is 1. The van der Waals surface area contributed by atoms with Crippen LogP contribution in [0.15, 0.2) is 18.2 Å². The summed E-state index contributed by atoms with van der Waals surface area (Å²) < 4.78 is 0. The first kappa shape index (κ1) is 15.5. The Morgan fingerprint density at radius 2 is 1.90 bits per heavy atom. The second-order valence-corrected chi connectivity index (χ2v) is 5.60. The summed E-state index contributed by atoms with van der Waals surface area (Å²) in [5, 5.41) is 13.7. The minimum absolute atomic E-state index is 0.00806. The highest BCUT2D eigenvalue weighted by Crippen LogP contribution is 2.41. The van der Waals surface area contributed by atoms with Crippen LogP contribution in [-0.4, -0.2) is 10.8 Å². The summed E-state index contributed by atoms with van der Waals surface area (Å²) in [6, 6.07) is 4.92. The number of hydrogen-bond acceptors (Lipinski definition) is 3. The molecule has 0 saturated carbocycles. The number of anilines is 1. The van der Waals surface area contributed by atoms with Crippen molar-refractivity contribution in [1.29, 1.82) is 0 Å². The van der Waals surface area contributed by atoms with Gasteiger partial charge in [0.05, 0.1) is 10.8 Å². The van der Waals surface area contributed by atoms with Crippen LogP contribution >= 0.6 is 0 Å². The smallest absolute Gasteiger partial charge is 0.293 e. The van der Waals surface area contributed by atoms with Crippen molar-refractivity contribution in [2.75, 3.05) is 5.32 Å². The van der Waals surface area contributed by atoms with Crippen molar-refractivity contribution < 1.29 is 9.72 Å². The van der Waals surface area contributed by atoms with Crippen molar-refractivity contribution in [2.45, 2.75) is 57.8 Å². The molecule has 0 fully saturated rings. The minimum Gasteiger partial charge on any atom is -0.320 e. The van der Waals surface area contributed by atoms with E-state index in [1.807, 2.05) is 6.07 Å². The molecule has 1 aliphatic heterocycles. The maximum Gasteiger partial charge on any atom is 0.293 e. The Kier molecular flexibility index (Phi) is 5.31. The van der Waals surface area contributed by atoms with Gasteiger partial charge in [0.2, 0.25) is 5.91 Å². The third kappa shape index (κ3) is 3.60. The van der Waals surface area contributed by atoms with Gasteiger partial charge < -0.3 is 5.32 Å². The summed E-state index contributed by atoms with van der Waals surface area (Å²) in [7, 11) is 0. The third-order valence-electron chi connectivity index (χ3n) is 4.06. The van der Waals surface area contributed by atoms with E-state index in [2.05, 4.69) is 12.2 Å². The Labute approximate surface area is 124 Å². The molecule has 0 radical (unpaired) electrons. The summed E-state index contributed by atoms with van der Waals surface area (Å²) in [6.45, 7) is 2.19. The van der Waals surface area contributed by atoms with Gasteiger partial charge in [-0.15, -0.1) is 0 Å². The molecular weight excluding hydrogens is 268 g/mol. The molecule has 1 aliphatic rings. The van der Waals surface area contributed by atoms with Crippen LogP contribution in [0.4, 0.5) is 11.4 Å². The second kappa shape index (κ2) is 7.20. The average Bonchev–Trinajstić information content (AvgIpc) is 2.78. The molecule has 21 heavy (non-hydrogen) atoms. The van der Waals surface area contributed by atoms with E-state index in [1.165, 1.54) is 31.7 Å². The standard InChI is InChI=1S/C16H22N2O3/c1-2-3-4-5-6-7-9-13-12-10-8-11-14(18(20)21)15(12)17-16(13)19/h8,10-11,13H,2-7,9H2,1H3,(H,17,19). The lowest BCUT2D eigenvalue weighted by molar-refractivity contribution is -0.383.